The van der Waals surface area contributed by atoms with Crippen molar-refractivity contribution in [3.63, 3.8) is 0 Å². The summed E-state index contributed by atoms with van der Waals surface area (Å²) in [4.78, 5) is 20.8. The van der Waals surface area contributed by atoms with E-state index in [4.69, 9.17) is 11.6 Å². The van der Waals surface area contributed by atoms with E-state index in [-0.39, 0.29) is 16.4 Å². The highest BCUT2D eigenvalue weighted by Crippen LogP contribution is 2.26. The molecule has 0 atom stereocenters. The average molecular weight is 253 g/mol. The van der Waals surface area contributed by atoms with E-state index in [0.29, 0.717) is 12.0 Å². The van der Waals surface area contributed by atoms with Crippen molar-refractivity contribution in [2.24, 2.45) is 0 Å². The number of carbonyl (C=O) groups is 1. The Kier molecular flexibility index (Phi) is 2.84. The normalized spacial score (nSPS) is 10.2. The van der Waals surface area contributed by atoms with Gasteiger partial charge in [-0.15, -0.1) is 5.10 Å². The molecule has 86 valence electrons. The van der Waals surface area contributed by atoms with Crippen LogP contribution in [-0.4, -0.2) is 26.2 Å². The molecule has 0 aliphatic carbocycles. The lowest BCUT2D eigenvalue weighted by Crippen LogP contribution is -2.02. The highest BCUT2D eigenvalue weighted by molar-refractivity contribution is 6.32. The molecule has 0 spiro atoms. The molecule has 2 rings (SSSR count). The van der Waals surface area contributed by atoms with Gasteiger partial charge in [-0.3, -0.25) is 14.9 Å². The number of benzene rings is 1. The number of hydrogen-bond acceptors (Lipinski definition) is 5. The van der Waals surface area contributed by atoms with E-state index in [0.717, 1.165) is 0 Å². The third-order valence-electron chi connectivity index (χ3n) is 2.07. The fourth-order valence-electron chi connectivity index (χ4n) is 1.30. The summed E-state index contributed by atoms with van der Waals surface area (Å²) in [5.74, 6) is 0. The summed E-state index contributed by atoms with van der Waals surface area (Å²) in [6.07, 6.45) is 1.81. The van der Waals surface area contributed by atoms with Crippen molar-refractivity contribution in [3.05, 3.63) is 45.2 Å². The molecular formula is C9H5ClN4O3. The van der Waals surface area contributed by atoms with Gasteiger partial charge in [0, 0.05) is 6.07 Å². The summed E-state index contributed by atoms with van der Waals surface area (Å²) in [7, 11) is 0. The Morgan fingerprint density at radius 1 is 1.47 bits per heavy atom. The number of carbonyl (C=O) groups excluding carboxylic acids is 1. The van der Waals surface area contributed by atoms with Crippen LogP contribution in [0.2, 0.25) is 5.02 Å². The molecule has 17 heavy (non-hydrogen) atoms. The van der Waals surface area contributed by atoms with Gasteiger partial charge >= 0.3 is 0 Å². The second-order valence-electron chi connectivity index (χ2n) is 3.08. The molecule has 0 aliphatic heterocycles. The van der Waals surface area contributed by atoms with Crippen molar-refractivity contribution in [1.82, 2.24) is 15.0 Å². The number of halogens is 1. The maximum atomic E-state index is 10.7. The van der Waals surface area contributed by atoms with Crippen LogP contribution in [-0.2, 0) is 0 Å². The maximum absolute atomic E-state index is 10.7. The second-order valence-corrected chi connectivity index (χ2v) is 3.49. The van der Waals surface area contributed by atoms with Crippen LogP contribution in [0.25, 0.3) is 5.69 Å². The number of nitro groups is 1. The molecule has 2 aromatic rings. The van der Waals surface area contributed by atoms with Crippen molar-refractivity contribution in [1.29, 1.82) is 0 Å². The number of nitro benzene ring substituents is 1. The van der Waals surface area contributed by atoms with Gasteiger partial charge in [0.05, 0.1) is 16.8 Å². The van der Waals surface area contributed by atoms with Crippen LogP contribution in [0.1, 0.15) is 10.5 Å². The Balaban J connectivity index is 2.57. The predicted molar refractivity (Wildman–Crippen MR) is 58.4 cm³/mol. The van der Waals surface area contributed by atoms with Crippen molar-refractivity contribution >= 4 is 23.6 Å². The molecule has 0 radical (unpaired) electrons. The largest absolute Gasteiger partial charge is 0.296 e. The minimum Gasteiger partial charge on any atom is -0.296 e. The van der Waals surface area contributed by atoms with E-state index in [1.54, 1.807) is 0 Å². The molecule has 1 heterocycles. The van der Waals surface area contributed by atoms with Crippen molar-refractivity contribution in [2.75, 3.05) is 0 Å². The molecule has 0 aliphatic rings. The highest BCUT2D eigenvalue weighted by Gasteiger charge is 2.15. The standard InChI is InChI=1S/C9H5ClN4O3/c10-8-2-1-6(3-9(8)14(16)17)13-7(5-15)4-11-12-13/h1-5H. The zero-order valence-corrected chi connectivity index (χ0v) is 9.03. The molecule has 0 bridgehead atoms. The van der Waals surface area contributed by atoms with E-state index in [9.17, 15) is 14.9 Å². The van der Waals surface area contributed by atoms with Gasteiger partial charge in [0.2, 0.25) is 0 Å². The third kappa shape index (κ3) is 2.00. The second kappa shape index (κ2) is 4.30. The first-order chi connectivity index (χ1) is 8.13. The average Bonchev–Trinajstić information content (AvgIpc) is 2.77. The lowest BCUT2D eigenvalue weighted by atomic mass is 10.3. The van der Waals surface area contributed by atoms with Crippen LogP contribution < -0.4 is 0 Å². The fourth-order valence-corrected chi connectivity index (χ4v) is 1.48. The molecule has 0 N–H and O–H groups in total. The molecule has 1 aromatic heterocycles. The molecular weight excluding hydrogens is 248 g/mol. The minimum absolute atomic E-state index is 0.0199. The van der Waals surface area contributed by atoms with E-state index in [2.05, 4.69) is 10.3 Å². The van der Waals surface area contributed by atoms with Gasteiger partial charge < -0.3 is 0 Å². The highest BCUT2D eigenvalue weighted by atomic mass is 35.5. The first-order valence-corrected chi connectivity index (χ1v) is 4.81. The first-order valence-electron chi connectivity index (χ1n) is 4.43. The summed E-state index contributed by atoms with van der Waals surface area (Å²) in [6, 6.07) is 4.10. The maximum Gasteiger partial charge on any atom is 0.290 e. The van der Waals surface area contributed by atoms with E-state index < -0.39 is 4.92 Å². The van der Waals surface area contributed by atoms with Gasteiger partial charge in [-0.1, -0.05) is 16.8 Å². The Bertz CT molecular complexity index is 596. The Morgan fingerprint density at radius 3 is 2.88 bits per heavy atom. The Labute approximate surface area is 99.8 Å². The molecule has 1 aromatic carbocycles. The zero-order valence-electron chi connectivity index (χ0n) is 8.28. The molecule has 0 saturated carbocycles. The lowest BCUT2D eigenvalue weighted by Gasteiger charge is -2.02. The van der Waals surface area contributed by atoms with Crippen LogP contribution >= 0.6 is 11.6 Å². The van der Waals surface area contributed by atoms with Crippen LogP contribution in [0.3, 0.4) is 0 Å². The predicted octanol–water partition coefficient (Wildman–Crippen LogP) is 1.64. The van der Waals surface area contributed by atoms with Crippen LogP contribution in [0.5, 0.6) is 0 Å². The van der Waals surface area contributed by atoms with Gasteiger partial charge in [0.1, 0.15) is 10.7 Å². The summed E-state index contributed by atoms with van der Waals surface area (Å²) >= 11 is 5.67. The molecule has 7 nitrogen and oxygen atoms in total. The van der Waals surface area contributed by atoms with E-state index in [1.165, 1.54) is 29.1 Å². The molecule has 0 amide bonds. The molecule has 0 fully saturated rings. The SMILES string of the molecule is O=Cc1cnnn1-c1ccc(Cl)c([N+](=O)[O-])c1. The van der Waals surface area contributed by atoms with Crippen LogP contribution in [0.4, 0.5) is 5.69 Å². The lowest BCUT2D eigenvalue weighted by molar-refractivity contribution is -0.384. The smallest absolute Gasteiger partial charge is 0.290 e. The quantitative estimate of drug-likeness (QED) is 0.470. The summed E-state index contributed by atoms with van der Waals surface area (Å²) in [5.41, 5.74) is 0.291. The monoisotopic (exact) mass is 252 g/mol. The summed E-state index contributed by atoms with van der Waals surface area (Å²) < 4.78 is 1.19. The Hall–Kier alpha value is -2.28. The number of hydrogen-bond donors (Lipinski definition) is 0. The molecule has 0 saturated heterocycles. The van der Waals surface area contributed by atoms with Crippen molar-refractivity contribution in [3.8, 4) is 5.69 Å². The van der Waals surface area contributed by atoms with Crippen LogP contribution in [0, 0.1) is 10.1 Å². The Morgan fingerprint density at radius 2 is 2.24 bits per heavy atom. The molecule has 8 heteroatoms. The molecule has 0 unspecified atom stereocenters. The van der Waals surface area contributed by atoms with Gasteiger partial charge in [0.15, 0.2) is 6.29 Å². The van der Waals surface area contributed by atoms with Crippen LogP contribution in [0.15, 0.2) is 24.4 Å². The first kappa shape index (κ1) is 11.2. The van der Waals surface area contributed by atoms with Gasteiger partial charge in [-0.2, -0.15) is 0 Å². The number of aldehydes is 1. The fraction of sp³-hybridized carbons (Fsp3) is 0. The van der Waals surface area contributed by atoms with Gasteiger partial charge in [-0.25, -0.2) is 4.68 Å². The van der Waals surface area contributed by atoms with Gasteiger partial charge in [-0.05, 0) is 12.1 Å². The van der Waals surface area contributed by atoms with E-state index >= 15 is 0 Å². The number of aromatic nitrogens is 3. The summed E-state index contributed by atoms with van der Waals surface area (Å²) in [5, 5.41) is 17.9. The van der Waals surface area contributed by atoms with Gasteiger partial charge in [0.25, 0.3) is 5.69 Å². The van der Waals surface area contributed by atoms with Crippen molar-refractivity contribution < 1.29 is 9.72 Å². The zero-order chi connectivity index (χ0) is 12.4. The topological polar surface area (TPSA) is 90.9 Å². The number of nitrogens with zero attached hydrogens (tertiary/aromatic N) is 4. The number of rotatable bonds is 3. The minimum atomic E-state index is -0.608. The third-order valence-corrected chi connectivity index (χ3v) is 2.39. The van der Waals surface area contributed by atoms with E-state index in [1.807, 2.05) is 0 Å². The summed E-state index contributed by atoms with van der Waals surface area (Å²) in [6.45, 7) is 0. The van der Waals surface area contributed by atoms with Crippen molar-refractivity contribution in [2.45, 2.75) is 0 Å².